The van der Waals surface area contributed by atoms with E-state index in [1.807, 2.05) is 0 Å². The number of rotatable bonds is 1. The third-order valence-corrected chi connectivity index (χ3v) is 4.47. The second-order valence-electron chi connectivity index (χ2n) is 3.37. The van der Waals surface area contributed by atoms with Crippen LogP contribution in [0.25, 0.3) is 0 Å². The first kappa shape index (κ1) is 8.38. The van der Waals surface area contributed by atoms with E-state index >= 15 is 0 Å². The lowest BCUT2D eigenvalue weighted by Crippen LogP contribution is -2.25. The van der Waals surface area contributed by atoms with Crippen LogP contribution in [-0.2, 0) is 0 Å². The number of halogens is 1. The molecule has 0 unspecified atom stereocenters. The summed E-state index contributed by atoms with van der Waals surface area (Å²) in [5, 5.41) is -0.756. The lowest BCUT2D eigenvalue weighted by Gasteiger charge is -2.35. The highest BCUT2D eigenvalue weighted by atomic mass is 32.2. The van der Waals surface area contributed by atoms with Crippen molar-refractivity contribution in [2.45, 2.75) is 37.1 Å². The average Bonchev–Trinajstić information content (AvgIpc) is 1.89. The maximum absolute atomic E-state index is 13.7. The Labute approximate surface area is 65.5 Å². The standard InChI is InChI=1S/C8H17FS/c1-10(2)8(9)6-4-3-5-7-8/h10H,3-7H2,1-2H3. The third kappa shape index (κ3) is 1.66. The number of alkyl halides is 1. The van der Waals surface area contributed by atoms with Crippen molar-refractivity contribution in [2.75, 3.05) is 12.5 Å². The summed E-state index contributed by atoms with van der Waals surface area (Å²) in [7, 11) is -0.367. The Morgan fingerprint density at radius 3 is 1.90 bits per heavy atom. The fraction of sp³-hybridized carbons (Fsp3) is 1.00. The van der Waals surface area contributed by atoms with Crippen LogP contribution in [-0.4, -0.2) is 17.5 Å². The Morgan fingerprint density at radius 2 is 1.60 bits per heavy atom. The van der Waals surface area contributed by atoms with Crippen molar-refractivity contribution >= 4 is 10.9 Å². The first-order valence-electron chi connectivity index (χ1n) is 4.01. The normalized spacial score (nSPS) is 26.1. The van der Waals surface area contributed by atoms with Gasteiger partial charge in [-0.2, -0.15) is 0 Å². The summed E-state index contributed by atoms with van der Waals surface area (Å²) >= 11 is 0. The van der Waals surface area contributed by atoms with Crippen LogP contribution in [0.2, 0.25) is 0 Å². The average molecular weight is 164 g/mol. The van der Waals surface area contributed by atoms with Gasteiger partial charge in [-0.1, -0.05) is 6.42 Å². The maximum Gasteiger partial charge on any atom is 0.138 e. The lowest BCUT2D eigenvalue weighted by atomic mass is 9.98. The summed E-state index contributed by atoms with van der Waals surface area (Å²) in [5.41, 5.74) is 0. The van der Waals surface area contributed by atoms with Crippen molar-refractivity contribution in [1.82, 2.24) is 0 Å². The molecule has 0 heterocycles. The second kappa shape index (κ2) is 3.12. The molecule has 1 saturated carbocycles. The first-order valence-corrected chi connectivity index (χ1v) is 6.25. The predicted molar refractivity (Wildman–Crippen MR) is 47.8 cm³/mol. The Kier molecular flexibility index (Phi) is 2.61. The molecule has 1 aliphatic carbocycles. The molecular weight excluding hydrogens is 147 g/mol. The van der Waals surface area contributed by atoms with Gasteiger partial charge in [0.25, 0.3) is 0 Å². The highest BCUT2D eigenvalue weighted by Gasteiger charge is 2.32. The molecule has 0 aliphatic heterocycles. The van der Waals surface area contributed by atoms with Crippen molar-refractivity contribution in [3.8, 4) is 0 Å². The highest BCUT2D eigenvalue weighted by molar-refractivity contribution is 8.16. The number of hydrogen-bond donors (Lipinski definition) is 1. The predicted octanol–water partition coefficient (Wildman–Crippen LogP) is 2.88. The molecule has 0 saturated heterocycles. The second-order valence-corrected chi connectivity index (χ2v) is 5.96. The fourth-order valence-electron chi connectivity index (χ4n) is 1.54. The van der Waals surface area contributed by atoms with Gasteiger partial charge in [-0.25, -0.2) is 15.3 Å². The minimum absolute atomic E-state index is 0.367. The van der Waals surface area contributed by atoms with Crippen LogP contribution in [0.1, 0.15) is 32.1 Å². The van der Waals surface area contributed by atoms with E-state index in [1.54, 1.807) is 0 Å². The smallest absolute Gasteiger partial charge is 0.138 e. The summed E-state index contributed by atoms with van der Waals surface area (Å²) in [6, 6.07) is 0. The topological polar surface area (TPSA) is 0 Å². The Bertz CT molecular complexity index is 106. The van der Waals surface area contributed by atoms with Crippen LogP contribution >= 0.6 is 10.9 Å². The Morgan fingerprint density at radius 1 is 1.10 bits per heavy atom. The van der Waals surface area contributed by atoms with Gasteiger partial charge >= 0.3 is 0 Å². The summed E-state index contributed by atoms with van der Waals surface area (Å²) in [6.45, 7) is 0. The molecule has 10 heavy (non-hydrogen) atoms. The molecule has 2 heteroatoms. The fourth-order valence-corrected chi connectivity index (χ4v) is 2.75. The van der Waals surface area contributed by atoms with Gasteiger partial charge in [-0.15, -0.1) is 0 Å². The summed E-state index contributed by atoms with van der Waals surface area (Å²) in [6.07, 6.45) is 9.22. The molecule has 0 nitrogen and oxygen atoms in total. The van der Waals surface area contributed by atoms with Crippen molar-refractivity contribution in [3.63, 3.8) is 0 Å². The molecule has 0 aromatic carbocycles. The van der Waals surface area contributed by atoms with Crippen molar-refractivity contribution < 1.29 is 4.39 Å². The number of thiol groups is 1. The monoisotopic (exact) mass is 164 g/mol. The molecule has 0 amide bonds. The van der Waals surface area contributed by atoms with Gasteiger partial charge in [-0.05, 0) is 38.2 Å². The Balaban J connectivity index is 2.48. The van der Waals surface area contributed by atoms with Gasteiger partial charge in [0.05, 0.1) is 0 Å². The molecule has 0 atom stereocenters. The number of hydrogen-bond acceptors (Lipinski definition) is 0. The maximum atomic E-state index is 13.7. The summed E-state index contributed by atoms with van der Waals surface area (Å²) in [4.78, 5) is 0. The first-order chi connectivity index (χ1) is 4.65. The molecule has 1 rings (SSSR count). The summed E-state index contributed by atoms with van der Waals surface area (Å²) < 4.78 is 13.7. The summed E-state index contributed by atoms with van der Waals surface area (Å²) in [5.74, 6) is 0. The van der Waals surface area contributed by atoms with Gasteiger partial charge in [0.2, 0.25) is 0 Å². The molecule has 0 aromatic rings. The van der Waals surface area contributed by atoms with Gasteiger partial charge in [0.15, 0.2) is 0 Å². The van der Waals surface area contributed by atoms with E-state index in [9.17, 15) is 4.39 Å². The molecule has 1 aliphatic rings. The molecule has 1 fully saturated rings. The molecule has 62 valence electrons. The van der Waals surface area contributed by atoms with Crippen LogP contribution in [0, 0.1) is 0 Å². The van der Waals surface area contributed by atoms with Gasteiger partial charge in [0, 0.05) is 0 Å². The molecule has 0 spiro atoms. The van der Waals surface area contributed by atoms with Crippen LogP contribution in [0.4, 0.5) is 4.39 Å². The van der Waals surface area contributed by atoms with Crippen molar-refractivity contribution in [2.24, 2.45) is 0 Å². The Hall–Kier alpha value is 0.280. The van der Waals surface area contributed by atoms with Crippen LogP contribution in [0.15, 0.2) is 0 Å². The SMILES string of the molecule is C[SH](C)C1(F)CCCCC1. The van der Waals surface area contributed by atoms with Gasteiger partial charge in [0.1, 0.15) is 5.00 Å². The largest absolute Gasteiger partial charge is 0.234 e. The van der Waals surface area contributed by atoms with E-state index in [0.29, 0.717) is 0 Å². The van der Waals surface area contributed by atoms with Gasteiger partial charge in [-0.3, -0.25) is 0 Å². The zero-order chi connectivity index (χ0) is 7.61. The zero-order valence-electron chi connectivity index (χ0n) is 6.86. The van der Waals surface area contributed by atoms with E-state index < -0.39 is 5.00 Å². The molecular formula is C8H17FS. The van der Waals surface area contributed by atoms with E-state index in [-0.39, 0.29) is 10.9 Å². The van der Waals surface area contributed by atoms with E-state index in [2.05, 4.69) is 12.5 Å². The van der Waals surface area contributed by atoms with E-state index in [1.165, 1.54) is 6.42 Å². The highest BCUT2D eigenvalue weighted by Crippen LogP contribution is 2.46. The third-order valence-electron chi connectivity index (χ3n) is 2.42. The quantitative estimate of drug-likeness (QED) is 0.566. The molecule has 0 aromatic heterocycles. The van der Waals surface area contributed by atoms with Crippen LogP contribution in [0.3, 0.4) is 0 Å². The molecule has 0 bridgehead atoms. The molecule has 0 N–H and O–H groups in total. The van der Waals surface area contributed by atoms with Crippen molar-refractivity contribution in [3.05, 3.63) is 0 Å². The molecule has 0 radical (unpaired) electrons. The van der Waals surface area contributed by atoms with Gasteiger partial charge < -0.3 is 0 Å². The van der Waals surface area contributed by atoms with Crippen LogP contribution < -0.4 is 0 Å². The zero-order valence-corrected chi connectivity index (χ0v) is 7.76. The lowest BCUT2D eigenvalue weighted by molar-refractivity contribution is 0.210. The van der Waals surface area contributed by atoms with Crippen molar-refractivity contribution in [1.29, 1.82) is 0 Å². The minimum atomic E-state index is -0.756. The minimum Gasteiger partial charge on any atom is -0.234 e. The van der Waals surface area contributed by atoms with E-state index in [4.69, 9.17) is 0 Å². The van der Waals surface area contributed by atoms with E-state index in [0.717, 1.165) is 25.7 Å². The van der Waals surface area contributed by atoms with Crippen LogP contribution in [0.5, 0.6) is 0 Å².